The van der Waals surface area contributed by atoms with Crippen molar-refractivity contribution in [2.45, 2.75) is 0 Å². The molecule has 88 valence electrons. The van der Waals surface area contributed by atoms with Gasteiger partial charge in [0.15, 0.2) is 0 Å². The van der Waals surface area contributed by atoms with Gasteiger partial charge in [0.25, 0.3) is 0 Å². The SMILES string of the molecule is Clc1cc(-c2cccs2)ncc1-c1ccccc1. The van der Waals surface area contributed by atoms with Crippen LogP contribution in [0.2, 0.25) is 5.02 Å². The lowest BCUT2D eigenvalue weighted by Gasteiger charge is -2.05. The third kappa shape index (κ3) is 2.17. The number of hydrogen-bond donors (Lipinski definition) is 0. The molecule has 0 unspecified atom stereocenters. The van der Waals surface area contributed by atoms with Crippen LogP contribution in [0.1, 0.15) is 0 Å². The summed E-state index contributed by atoms with van der Waals surface area (Å²) >= 11 is 8.01. The molecule has 0 N–H and O–H groups in total. The third-order valence-electron chi connectivity index (χ3n) is 2.71. The molecule has 0 saturated heterocycles. The normalized spacial score (nSPS) is 10.5. The molecule has 0 atom stereocenters. The van der Waals surface area contributed by atoms with Crippen LogP contribution in [0.5, 0.6) is 0 Å². The minimum Gasteiger partial charge on any atom is -0.255 e. The highest BCUT2D eigenvalue weighted by Gasteiger charge is 2.07. The van der Waals surface area contributed by atoms with Crippen molar-refractivity contribution < 1.29 is 0 Å². The lowest BCUT2D eigenvalue weighted by Crippen LogP contribution is -1.85. The zero-order chi connectivity index (χ0) is 12.4. The number of halogens is 1. The number of benzene rings is 1. The molecule has 2 heterocycles. The maximum absolute atomic E-state index is 6.35. The molecule has 0 aliphatic carbocycles. The highest BCUT2D eigenvalue weighted by molar-refractivity contribution is 7.13. The van der Waals surface area contributed by atoms with Crippen LogP contribution in [0.4, 0.5) is 0 Å². The van der Waals surface area contributed by atoms with Crippen molar-refractivity contribution in [3.8, 4) is 21.7 Å². The molecule has 3 heteroatoms. The first-order valence-electron chi connectivity index (χ1n) is 5.59. The van der Waals surface area contributed by atoms with Crippen molar-refractivity contribution in [3.63, 3.8) is 0 Å². The van der Waals surface area contributed by atoms with Crippen molar-refractivity contribution in [1.82, 2.24) is 4.98 Å². The number of thiophene rings is 1. The lowest BCUT2D eigenvalue weighted by atomic mass is 10.1. The number of hydrogen-bond acceptors (Lipinski definition) is 2. The highest BCUT2D eigenvalue weighted by Crippen LogP contribution is 2.31. The van der Waals surface area contributed by atoms with E-state index in [-0.39, 0.29) is 0 Å². The minimum absolute atomic E-state index is 0.736. The molecule has 0 saturated carbocycles. The summed E-state index contributed by atoms with van der Waals surface area (Å²) in [6.45, 7) is 0. The second-order valence-electron chi connectivity index (χ2n) is 3.89. The van der Waals surface area contributed by atoms with Gasteiger partial charge in [-0.1, -0.05) is 48.0 Å². The zero-order valence-electron chi connectivity index (χ0n) is 9.51. The van der Waals surface area contributed by atoms with E-state index in [0.717, 1.165) is 26.7 Å². The Labute approximate surface area is 115 Å². The molecule has 0 aliphatic rings. The second-order valence-corrected chi connectivity index (χ2v) is 5.25. The largest absolute Gasteiger partial charge is 0.255 e. The predicted molar refractivity (Wildman–Crippen MR) is 78.0 cm³/mol. The fraction of sp³-hybridized carbons (Fsp3) is 0. The van der Waals surface area contributed by atoms with Gasteiger partial charge in [-0.25, -0.2) is 0 Å². The Morgan fingerprint density at radius 3 is 2.50 bits per heavy atom. The summed E-state index contributed by atoms with van der Waals surface area (Å²) in [5.74, 6) is 0. The van der Waals surface area contributed by atoms with Crippen LogP contribution in [-0.2, 0) is 0 Å². The molecule has 1 aromatic carbocycles. The van der Waals surface area contributed by atoms with E-state index >= 15 is 0 Å². The van der Waals surface area contributed by atoms with E-state index in [1.54, 1.807) is 11.3 Å². The fourth-order valence-electron chi connectivity index (χ4n) is 1.82. The van der Waals surface area contributed by atoms with E-state index in [1.165, 1.54) is 0 Å². The molecule has 0 aliphatic heterocycles. The van der Waals surface area contributed by atoms with Crippen LogP contribution < -0.4 is 0 Å². The predicted octanol–water partition coefficient (Wildman–Crippen LogP) is 5.13. The van der Waals surface area contributed by atoms with Gasteiger partial charge in [-0.05, 0) is 23.1 Å². The quantitative estimate of drug-likeness (QED) is 0.630. The standard InChI is InChI=1S/C15H10ClNS/c16-13-9-14(15-7-4-8-18-15)17-10-12(13)11-5-2-1-3-6-11/h1-10H. The first kappa shape index (κ1) is 11.5. The van der Waals surface area contributed by atoms with Crippen molar-refractivity contribution in [2.75, 3.05) is 0 Å². The van der Waals surface area contributed by atoms with E-state index in [0.29, 0.717) is 0 Å². The summed E-state index contributed by atoms with van der Waals surface area (Å²) in [6.07, 6.45) is 1.84. The third-order valence-corrected chi connectivity index (χ3v) is 3.92. The molecule has 0 fully saturated rings. The summed E-state index contributed by atoms with van der Waals surface area (Å²) in [6, 6.07) is 16.0. The Bertz CT molecular complexity index is 648. The molecular formula is C15H10ClNS. The Morgan fingerprint density at radius 2 is 1.83 bits per heavy atom. The number of rotatable bonds is 2. The van der Waals surface area contributed by atoms with Crippen LogP contribution in [0.3, 0.4) is 0 Å². The fourth-order valence-corrected chi connectivity index (χ4v) is 2.77. The van der Waals surface area contributed by atoms with Gasteiger partial charge in [-0.15, -0.1) is 11.3 Å². The van der Waals surface area contributed by atoms with Crippen LogP contribution in [0.25, 0.3) is 21.7 Å². The molecule has 3 aromatic rings. The van der Waals surface area contributed by atoms with E-state index in [4.69, 9.17) is 11.6 Å². The lowest BCUT2D eigenvalue weighted by molar-refractivity contribution is 1.34. The molecular weight excluding hydrogens is 262 g/mol. The monoisotopic (exact) mass is 271 g/mol. The van der Waals surface area contributed by atoms with Crippen molar-refractivity contribution >= 4 is 22.9 Å². The number of pyridine rings is 1. The molecule has 3 rings (SSSR count). The average Bonchev–Trinajstić information content (AvgIpc) is 2.93. The van der Waals surface area contributed by atoms with Gasteiger partial charge in [0, 0.05) is 11.8 Å². The average molecular weight is 272 g/mol. The molecule has 0 amide bonds. The van der Waals surface area contributed by atoms with Crippen molar-refractivity contribution in [1.29, 1.82) is 0 Å². The zero-order valence-corrected chi connectivity index (χ0v) is 11.1. The van der Waals surface area contributed by atoms with Gasteiger partial charge in [-0.2, -0.15) is 0 Å². The summed E-state index contributed by atoms with van der Waals surface area (Å²) < 4.78 is 0. The maximum Gasteiger partial charge on any atom is 0.0816 e. The summed E-state index contributed by atoms with van der Waals surface area (Å²) in [7, 11) is 0. The molecule has 0 radical (unpaired) electrons. The van der Waals surface area contributed by atoms with Gasteiger partial charge in [0.1, 0.15) is 0 Å². The van der Waals surface area contributed by atoms with E-state index in [9.17, 15) is 0 Å². The maximum atomic E-state index is 6.35. The van der Waals surface area contributed by atoms with Crippen molar-refractivity contribution in [2.24, 2.45) is 0 Å². The van der Waals surface area contributed by atoms with Gasteiger partial charge in [0.2, 0.25) is 0 Å². The van der Waals surface area contributed by atoms with Crippen LogP contribution in [0, 0.1) is 0 Å². The van der Waals surface area contributed by atoms with Crippen LogP contribution in [-0.4, -0.2) is 4.98 Å². The molecule has 1 nitrogen and oxygen atoms in total. The van der Waals surface area contributed by atoms with Gasteiger partial charge in [-0.3, -0.25) is 4.98 Å². The highest BCUT2D eigenvalue weighted by atomic mass is 35.5. The van der Waals surface area contributed by atoms with E-state index < -0.39 is 0 Å². The van der Waals surface area contributed by atoms with Gasteiger partial charge in [0.05, 0.1) is 15.6 Å². The smallest absolute Gasteiger partial charge is 0.0816 e. The summed E-state index contributed by atoms with van der Waals surface area (Å²) in [5, 5.41) is 2.77. The second kappa shape index (κ2) is 4.92. The van der Waals surface area contributed by atoms with Crippen molar-refractivity contribution in [3.05, 3.63) is 65.1 Å². The minimum atomic E-state index is 0.736. The Kier molecular flexibility index (Phi) is 3.13. The first-order chi connectivity index (χ1) is 8.84. The Balaban J connectivity index is 2.05. The summed E-state index contributed by atoms with van der Waals surface area (Å²) in [5.41, 5.74) is 2.99. The molecule has 2 aromatic heterocycles. The van der Waals surface area contributed by atoms with Gasteiger partial charge >= 0.3 is 0 Å². The number of aromatic nitrogens is 1. The number of nitrogens with zero attached hydrogens (tertiary/aromatic N) is 1. The van der Waals surface area contributed by atoms with Gasteiger partial charge < -0.3 is 0 Å². The van der Waals surface area contributed by atoms with E-state index in [2.05, 4.69) is 4.98 Å². The van der Waals surface area contributed by atoms with Crippen LogP contribution in [0.15, 0.2) is 60.1 Å². The topological polar surface area (TPSA) is 12.9 Å². The molecule has 0 spiro atoms. The van der Waals surface area contributed by atoms with E-state index in [1.807, 2.05) is 60.1 Å². The molecule has 0 bridgehead atoms. The first-order valence-corrected chi connectivity index (χ1v) is 6.85. The summed E-state index contributed by atoms with van der Waals surface area (Å²) in [4.78, 5) is 5.62. The van der Waals surface area contributed by atoms with Crippen LogP contribution >= 0.6 is 22.9 Å². The Morgan fingerprint density at radius 1 is 1.00 bits per heavy atom. The molecule has 18 heavy (non-hydrogen) atoms. The Hall–Kier alpha value is -1.64.